The highest BCUT2D eigenvalue weighted by Gasteiger charge is 2.42. The first-order valence-corrected chi connectivity index (χ1v) is 8.89. The molecule has 7 N–H and O–H groups in total. The van der Waals surface area contributed by atoms with Gasteiger partial charge in [-0.15, -0.1) is 0 Å². The zero-order valence-electron chi connectivity index (χ0n) is 15.1. The van der Waals surface area contributed by atoms with Crippen molar-refractivity contribution in [2.45, 2.75) is 81.9 Å². The summed E-state index contributed by atoms with van der Waals surface area (Å²) in [6, 6.07) is -0.831. The molecule has 1 saturated heterocycles. The van der Waals surface area contributed by atoms with Crippen molar-refractivity contribution < 1.29 is 40.2 Å². The number of amides is 1. The molecule has 0 aromatic rings. The van der Waals surface area contributed by atoms with Crippen molar-refractivity contribution in [2.75, 3.05) is 6.61 Å². The van der Waals surface area contributed by atoms with E-state index in [0.717, 1.165) is 0 Å². The van der Waals surface area contributed by atoms with Gasteiger partial charge in [0.25, 0.3) is 0 Å². The van der Waals surface area contributed by atoms with Crippen LogP contribution in [0, 0.1) is 0 Å². The van der Waals surface area contributed by atoms with E-state index in [0.29, 0.717) is 6.42 Å². The maximum absolute atomic E-state index is 11.6. The number of nitrogens with one attached hydrogen (secondary N) is 1. The van der Waals surface area contributed by atoms with Gasteiger partial charge in [-0.2, -0.15) is 0 Å². The molecule has 1 aliphatic heterocycles. The highest BCUT2D eigenvalue weighted by molar-refractivity contribution is 5.76. The van der Waals surface area contributed by atoms with Crippen molar-refractivity contribution in [3.63, 3.8) is 0 Å². The SMILES string of the molecule is CCC(=O)N[C@@H](C=CC[C@H]1OC(CO)[C@H](O)[C@H](O)C1O)[C@H](O)[C@H](O)CC. The van der Waals surface area contributed by atoms with E-state index >= 15 is 0 Å². The van der Waals surface area contributed by atoms with Crippen LogP contribution in [0.15, 0.2) is 12.2 Å². The lowest BCUT2D eigenvalue weighted by Gasteiger charge is -2.39. The van der Waals surface area contributed by atoms with Crippen LogP contribution in [0.25, 0.3) is 0 Å². The van der Waals surface area contributed by atoms with E-state index in [1.165, 1.54) is 6.08 Å². The molecule has 1 aliphatic rings. The maximum Gasteiger partial charge on any atom is 0.220 e. The quantitative estimate of drug-likeness (QED) is 0.223. The molecule has 1 amide bonds. The van der Waals surface area contributed by atoms with E-state index in [4.69, 9.17) is 4.74 Å². The minimum absolute atomic E-state index is 0.106. The Labute approximate surface area is 152 Å². The third-order valence-electron chi connectivity index (χ3n) is 4.53. The van der Waals surface area contributed by atoms with Gasteiger partial charge in [0.15, 0.2) is 0 Å². The summed E-state index contributed by atoms with van der Waals surface area (Å²) in [6.07, 6.45) is -4.68. The van der Waals surface area contributed by atoms with Gasteiger partial charge in [-0.1, -0.05) is 26.0 Å². The number of rotatable bonds is 9. The monoisotopic (exact) mass is 377 g/mol. The van der Waals surface area contributed by atoms with Crippen molar-refractivity contribution in [2.24, 2.45) is 0 Å². The Morgan fingerprint density at radius 2 is 1.73 bits per heavy atom. The molecule has 0 aromatic heterocycles. The lowest BCUT2D eigenvalue weighted by Crippen LogP contribution is -2.58. The zero-order valence-corrected chi connectivity index (χ0v) is 15.1. The summed E-state index contributed by atoms with van der Waals surface area (Å²) in [4.78, 5) is 11.6. The third-order valence-corrected chi connectivity index (χ3v) is 4.53. The highest BCUT2D eigenvalue weighted by Crippen LogP contribution is 2.23. The van der Waals surface area contributed by atoms with E-state index in [1.807, 2.05) is 0 Å². The molecule has 1 heterocycles. The zero-order chi connectivity index (χ0) is 19.9. The molecule has 1 fully saturated rings. The molecule has 8 atom stereocenters. The van der Waals surface area contributed by atoms with Crippen LogP contribution in [-0.4, -0.2) is 91.9 Å². The van der Waals surface area contributed by atoms with Crippen LogP contribution in [0.2, 0.25) is 0 Å². The Bertz CT molecular complexity index is 458. The smallest absolute Gasteiger partial charge is 0.220 e. The van der Waals surface area contributed by atoms with Crippen molar-refractivity contribution in [3.8, 4) is 0 Å². The Morgan fingerprint density at radius 1 is 1.12 bits per heavy atom. The van der Waals surface area contributed by atoms with E-state index in [1.54, 1.807) is 19.9 Å². The summed E-state index contributed by atoms with van der Waals surface area (Å²) >= 11 is 0. The van der Waals surface area contributed by atoms with Gasteiger partial charge in [-0.3, -0.25) is 4.79 Å². The molecular formula is C17H31NO8. The van der Waals surface area contributed by atoms with Crippen LogP contribution in [0.3, 0.4) is 0 Å². The van der Waals surface area contributed by atoms with Crippen molar-refractivity contribution >= 4 is 5.91 Å². The fraction of sp³-hybridized carbons (Fsp3) is 0.824. The van der Waals surface area contributed by atoms with Gasteiger partial charge in [0.2, 0.25) is 5.91 Å². The first-order valence-electron chi connectivity index (χ1n) is 8.89. The van der Waals surface area contributed by atoms with Crippen molar-refractivity contribution in [1.29, 1.82) is 0 Å². The number of hydrogen-bond acceptors (Lipinski definition) is 8. The summed E-state index contributed by atoms with van der Waals surface area (Å²) in [7, 11) is 0. The molecule has 0 radical (unpaired) electrons. The Kier molecular flexibility index (Phi) is 9.66. The molecule has 1 rings (SSSR count). The number of hydrogen-bond donors (Lipinski definition) is 7. The van der Waals surface area contributed by atoms with Gasteiger partial charge in [0.05, 0.1) is 24.9 Å². The topological polar surface area (TPSA) is 160 Å². The number of carbonyl (C=O) groups excluding carboxylic acids is 1. The van der Waals surface area contributed by atoms with Gasteiger partial charge < -0.3 is 40.7 Å². The van der Waals surface area contributed by atoms with Crippen LogP contribution in [0.1, 0.15) is 33.1 Å². The predicted molar refractivity (Wildman–Crippen MR) is 92.1 cm³/mol. The second kappa shape index (κ2) is 10.9. The lowest BCUT2D eigenvalue weighted by molar-refractivity contribution is -0.228. The molecule has 9 heteroatoms. The number of carbonyl (C=O) groups is 1. The highest BCUT2D eigenvalue weighted by atomic mass is 16.5. The van der Waals surface area contributed by atoms with Crippen molar-refractivity contribution in [1.82, 2.24) is 5.32 Å². The minimum Gasteiger partial charge on any atom is -0.394 e. The second-order valence-corrected chi connectivity index (χ2v) is 6.44. The molecular weight excluding hydrogens is 346 g/mol. The van der Waals surface area contributed by atoms with Gasteiger partial charge >= 0.3 is 0 Å². The normalized spacial score (nSPS) is 33.0. The molecule has 0 saturated carbocycles. The molecule has 26 heavy (non-hydrogen) atoms. The Morgan fingerprint density at radius 3 is 2.27 bits per heavy atom. The first-order chi connectivity index (χ1) is 12.3. The van der Waals surface area contributed by atoms with Crippen LogP contribution >= 0.6 is 0 Å². The van der Waals surface area contributed by atoms with Crippen LogP contribution in [0.5, 0.6) is 0 Å². The van der Waals surface area contributed by atoms with E-state index in [-0.39, 0.29) is 18.7 Å². The molecule has 0 spiro atoms. The number of aliphatic hydroxyl groups excluding tert-OH is 6. The lowest BCUT2D eigenvalue weighted by atomic mass is 9.93. The van der Waals surface area contributed by atoms with Gasteiger partial charge in [-0.25, -0.2) is 0 Å². The first kappa shape index (κ1) is 23.0. The van der Waals surface area contributed by atoms with Crippen LogP contribution in [0.4, 0.5) is 0 Å². The molecule has 152 valence electrons. The van der Waals surface area contributed by atoms with E-state index < -0.39 is 55.4 Å². The molecule has 0 aromatic carbocycles. The fourth-order valence-electron chi connectivity index (χ4n) is 2.75. The Hall–Kier alpha value is -1.07. The largest absolute Gasteiger partial charge is 0.394 e. The van der Waals surface area contributed by atoms with E-state index in [9.17, 15) is 35.4 Å². The fourth-order valence-corrected chi connectivity index (χ4v) is 2.75. The van der Waals surface area contributed by atoms with Gasteiger partial charge in [-0.05, 0) is 12.8 Å². The van der Waals surface area contributed by atoms with Crippen molar-refractivity contribution in [3.05, 3.63) is 12.2 Å². The Balaban J connectivity index is 2.77. The summed E-state index contributed by atoms with van der Waals surface area (Å²) < 4.78 is 5.38. The summed E-state index contributed by atoms with van der Waals surface area (Å²) in [5.41, 5.74) is 0. The predicted octanol–water partition coefficient (Wildman–Crippen LogP) is -2.20. The molecule has 0 bridgehead atoms. The summed E-state index contributed by atoms with van der Waals surface area (Å²) in [5, 5.41) is 61.3. The molecule has 9 nitrogen and oxygen atoms in total. The van der Waals surface area contributed by atoms with Gasteiger partial charge in [0.1, 0.15) is 30.5 Å². The molecule has 0 aliphatic carbocycles. The van der Waals surface area contributed by atoms with Crippen LogP contribution < -0.4 is 5.32 Å². The average Bonchev–Trinajstić information content (AvgIpc) is 2.65. The van der Waals surface area contributed by atoms with Gasteiger partial charge in [0, 0.05) is 6.42 Å². The standard InChI is InChI=1S/C17H31NO8/c1-3-10(20)14(22)9(18-13(21)4-2)6-5-7-11-15(23)17(25)16(24)12(8-19)26-11/h5-6,9-12,14-17,19-20,22-25H,3-4,7-8H2,1-2H3,(H,18,21)/t9-,10+,11+,12?,14-,15?,16-,17+/m0/s1. The number of ether oxygens (including phenoxy) is 1. The second-order valence-electron chi connectivity index (χ2n) is 6.44. The maximum atomic E-state index is 11.6. The molecule has 2 unspecified atom stereocenters. The summed E-state index contributed by atoms with van der Waals surface area (Å²) in [6.45, 7) is 2.85. The summed E-state index contributed by atoms with van der Waals surface area (Å²) in [5.74, 6) is -0.296. The van der Waals surface area contributed by atoms with Crippen LogP contribution in [-0.2, 0) is 9.53 Å². The van der Waals surface area contributed by atoms with E-state index in [2.05, 4.69) is 5.32 Å². The average molecular weight is 377 g/mol. The minimum atomic E-state index is -1.46. The third kappa shape index (κ3) is 5.98. The number of aliphatic hydroxyl groups is 6.